The second kappa shape index (κ2) is 3.70. The van der Waals surface area contributed by atoms with Crippen LogP contribution in [0.1, 0.15) is 31.0 Å². The highest BCUT2D eigenvalue weighted by molar-refractivity contribution is 5.31. The molecule has 1 aromatic carbocycles. The normalized spacial score (nSPS) is 26.8. The maximum absolute atomic E-state index is 13.1. The largest absolute Gasteiger partial charge is 0.310 e. The van der Waals surface area contributed by atoms with Crippen molar-refractivity contribution in [2.75, 3.05) is 6.54 Å². The van der Waals surface area contributed by atoms with Gasteiger partial charge in [0.25, 0.3) is 0 Å². The number of rotatable bonds is 0. The Morgan fingerprint density at radius 1 is 1.36 bits per heavy atom. The first kappa shape index (κ1) is 9.66. The van der Waals surface area contributed by atoms with Crippen molar-refractivity contribution in [3.05, 3.63) is 35.1 Å². The number of nitrogens with one attached hydrogen (secondary N) is 1. The Morgan fingerprint density at radius 3 is 2.93 bits per heavy atom. The van der Waals surface area contributed by atoms with E-state index >= 15 is 0 Å². The number of halogens is 1. The maximum Gasteiger partial charge on any atom is 0.123 e. The molecule has 0 saturated heterocycles. The highest BCUT2D eigenvalue weighted by Gasteiger charge is 2.18. The Hall–Kier alpha value is -0.890. The van der Waals surface area contributed by atoms with Crippen LogP contribution in [0.15, 0.2) is 18.2 Å². The van der Waals surface area contributed by atoms with Gasteiger partial charge in [0.1, 0.15) is 5.82 Å². The van der Waals surface area contributed by atoms with E-state index in [0.29, 0.717) is 5.92 Å². The zero-order valence-corrected chi connectivity index (χ0v) is 8.68. The lowest BCUT2D eigenvalue weighted by molar-refractivity contribution is 0.494. The molecule has 1 nitrogen and oxygen atoms in total. The molecule has 0 bridgehead atoms. The highest BCUT2D eigenvalue weighted by atomic mass is 19.1. The zero-order valence-electron chi connectivity index (χ0n) is 8.68. The van der Waals surface area contributed by atoms with Crippen molar-refractivity contribution in [3.8, 4) is 0 Å². The van der Waals surface area contributed by atoms with Crippen molar-refractivity contribution < 1.29 is 4.39 Å². The molecule has 2 rings (SSSR count). The van der Waals surface area contributed by atoms with E-state index in [1.165, 1.54) is 5.56 Å². The van der Waals surface area contributed by atoms with E-state index in [1.807, 2.05) is 6.07 Å². The summed E-state index contributed by atoms with van der Waals surface area (Å²) in [5.74, 6) is 0.496. The van der Waals surface area contributed by atoms with E-state index in [1.54, 1.807) is 12.1 Å². The summed E-state index contributed by atoms with van der Waals surface area (Å²) >= 11 is 0. The molecule has 14 heavy (non-hydrogen) atoms. The first-order valence-corrected chi connectivity index (χ1v) is 5.18. The Labute approximate surface area is 84.3 Å². The van der Waals surface area contributed by atoms with Gasteiger partial charge in [-0.15, -0.1) is 0 Å². The van der Waals surface area contributed by atoms with Crippen LogP contribution in [0, 0.1) is 11.7 Å². The van der Waals surface area contributed by atoms with Crippen LogP contribution in [-0.2, 0) is 6.42 Å². The average molecular weight is 193 g/mol. The molecule has 1 N–H and O–H groups in total. The van der Waals surface area contributed by atoms with Gasteiger partial charge in [-0.25, -0.2) is 4.39 Å². The number of hydrogen-bond acceptors (Lipinski definition) is 1. The molecule has 0 aliphatic carbocycles. The van der Waals surface area contributed by atoms with Crippen LogP contribution in [0.2, 0.25) is 0 Å². The van der Waals surface area contributed by atoms with Crippen molar-refractivity contribution in [1.29, 1.82) is 0 Å². The summed E-state index contributed by atoms with van der Waals surface area (Å²) in [5, 5.41) is 3.41. The minimum Gasteiger partial charge on any atom is -0.310 e. The monoisotopic (exact) mass is 193 g/mol. The van der Waals surface area contributed by atoms with Crippen molar-refractivity contribution in [2.24, 2.45) is 5.92 Å². The van der Waals surface area contributed by atoms with E-state index in [0.717, 1.165) is 18.5 Å². The molecule has 1 aliphatic rings. The smallest absolute Gasteiger partial charge is 0.123 e. The SMILES string of the molecule is CC1CNC(C)c2cc(F)ccc2C1. The second-order valence-corrected chi connectivity index (χ2v) is 4.28. The molecule has 0 radical (unpaired) electrons. The standard InChI is InChI=1S/C12H16FN/c1-8-5-10-3-4-11(13)6-12(10)9(2)14-7-8/h3-4,6,8-9,14H,5,7H2,1-2H3. The molecule has 1 aromatic rings. The van der Waals surface area contributed by atoms with Crippen LogP contribution in [0.4, 0.5) is 4.39 Å². The summed E-state index contributed by atoms with van der Waals surface area (Å²) in [4.78, 5) is 0. The van der Waals surface area contributed by atoms with Gasteiger partial charge in [-0.05, 0) is 49.1 Å². The molecule has 0 amide bonds. The van der Waals surface area contributed by atoms with Gasteiger partial charge in [0.15, 0.2) is 0 Å². The van der Waals surface area contributed by atoms with Gasteiger partial charge < -0.3 is 5.32 Å². The number of hydrogen-bond donors (Lipinski definition) is 1. The molecule has 0 saturated carbocycles. The molecule has 76 valence electrons. The summed E-state index contributed by atoms with van der Waals surface area (Å²) in [6.45, 7) is 5.33. The summed E-state index contributed by atoms with van der Waals surface area (Å²) in [6, 6.07) is 5.41. The molecular formula is C12H16FN. The molecule has 2 unspecified atom stereocenters. The third-order valence-electron chi connectivity index (χ3n) is 2.92. The van der Waals surface area contributed by atoms with Gasteiger partial charge in [-0.3, -0.25) is 0 Å². The second-order valence-electron chi connectivity index (χ2n) is 4.28. The van der Waals surface area contributed by atoms with E-state index in [4.69, 9.17) is 0 Å². The van der Waals surface area contributed by atoms with E-state index in [2.05, 4.69) is 19.2 Å². The molecule has 1 aliphatic heterocycles. The van der Waals surface area contributed by atoms with E-state index in [9.17, 15) is 4.39 Å². The lowest BCUT2D eigenvalue weighted by atomic mass is 9.96. The van der Waals surface area contributed by atoms with Crippen LogP contribution in [-0.4, -0.2) is 6.54 Å². The van der Waals surface area contributed by atoms with E-state index in [-0.39, 0.29) is 11.9 Å². The molecule has 2 heteroatoms. The summed E-state index contributed by atoms with van der Waals surface area (Å²) < 4.78 is 13.1. The van der Waals surface area contributed by atoms with E-state index < -0.39 is 0 Å². The van der Waals surface area contributed by atoms with Crippen molar-refractivity contribution in [2.45, 2.75) is 26.3 Å². The van der Waals surface area contributed by atoms with Crippen LogP contribution in [0.3, 0.4) is 0 Å². The predicted molar refractivity (Wildman–Crippen MR) is 55.7 cm³/mol. The fraction of sp³-hybridized carbons (Fsp3) is 0.500. The van der Waals surface area contributed by atoms with Gasteiger partial charge in [0.05, 0.1) is 0 Å². The van der Waals surface area contributed by atoms with Crippen LogP contribution in [0.25, 0.3) is 0 Å². The fourth-order valence-electron chi connectivity index (χ4n) is 2.09. The van der Waals surface area contributed by atoms with Gasteiger partial charge in [-0.1, -0.05) is 13.0 Å². The molecule has 0 aromatic heterocycles. The van der Waals surface area contributed by atoms with Crippen molar-refractivity contribution in [1.82, 2.24) is 5.32 Å². The number of fused-ring (bicyclic) bond motifs is 1. The lowest BCUT2D eigenvalue weighted by Crippen LogP contribution is -2.21. The third kappa shape index (κ3) is 1.80. The van der Waals surface area contributed by atoms with Crippen molar-refractivity contribution in [3.63, 3.8) is 0 Å². The highest BCUT2D eigenvalue weighted by Crippen LogP contribution is 2.24. The predicted octanol–water partition coefficient (Wildman–Crippen LogP) is 2.67. The summed E-state index contributed by atoms with van der Waals surface area (Å²) in [7, 11) is 0. The lowest BCUT2D eigenvalue weighted by Gasteiger charge is -2.13. The first-order valence-electron chi connectivity index (χ1n) is 5.18. The third-order valence-corrected chi connectivity index (χ3v) is 2.92. The zero-order chi connectivity index (χ0) is 10.1. The Balaban J connectivity index is 2.42. The van der Waals surface area contributed by atoms with Gasteiger partial charge in [0, 0.05) is 6.04 Å². The summed E-state index contributed by atoms with van der Waals surface area (Å²) in [6.07, 6.45) is 1.05. The Kier molecular flexibility index (Phi) is 2.55. The molecule has 0 fully saturated rings. The first-order chi connectivity index (χ1) is 6.66. The van der Waals surface area contributed by atoms with Crippen LogP contribution >= 0.6 is 0 Å². The molecule has 0 spiro atoms. The Morgan fingerprint density at radius 2 is 2.14 bits per heavy atom. The van der Waals surface area contributed by atoms with Crippen LogP contribution < -0.4 is 5.32 Å². The van der Waals surface area contributed by atoms with Gasteiger partial charge >= 0.3 is 0 Å². The molecule has 1 heterocycles. The summed E-state index contributed by atoms with van der Waals surface area (Å²) in [5.41, 5.74) is 2.41. The van der Waals surface area contributed by atoms with Gasteiger partial charge in [-0.2, -0.15) is 0 Å². The minimum atomic E-state index is -0.132. The minimum absolute atomic E-state index is 0.132. The van der Waals surface area contributed by atoms with Crippen molar-refractivity contribution >= 4 is 0 Å². The molecular weight excluding hydrogens is 177 g/mol. The van der Waals surface area contributed by atoms with Gasteiger partial charge in [0.2, 0.25) is 0 Å². The average Bonchev–Trinajstić information content (AvgIpc) is 2.29. The Bertz CT molecular complexity index is 335. The van der Waals surface area contributed by atoms with Crippen LogP contribution in [0.5, 0.6) is 0 Å². The maximum atomic E-state index is 13.1. The topological polar surface area (TPSA) is 12.0 Å². The molecule has 2 atom stereocenters. The fourth-order valence-corrected chi connectivity index (χ4v) is 2.09. The number of benzene rings is 1. The quantitative estimate of drug-likeness (QED) is 0.668.